The lowest BCUT2D eigenvalue weighted by Crippen LogP contribution is -2.48. The van der Waals surface area contributed by atoms with E-state index in [1.807, 2.05) is 13.8 Å². The van der Waals surface area contributed by atoms with Crippen LogP contribution in [-0.4, -0.2) is 30.7 Å². The van der Waals surface area contributed by atoms with Gasteiger partial charge in [0.05, 0.1) is 12.7 Å². The fraction of sp³-hybridized carbons (Fsp3) is 0.929. The van der Waals surface area contributed by atoms with Crippen LogP contribution in [0.15, 0.2) is 0 Å². The van der Waals surface area contributed by atoms with Crippen molar-refractivity contribution in [2.24, 2.45) is 11.7 Å². The summed E-state index contributed by atoms with van der Waals surface area (Å²) in [5.74, 6) is 0.318. The largest absolute Gasteiger partial charge is 0.376 e. The predicted molar refractivity (Wildman–Crippen MR) is 73.2 cm³/mol. The zero-order valence-corrected chi connectivity index (χ0v) is 11.9. The first-order chi connectivity index (χ1) is 8.54. The van der Waals surface area contributed by atoms with Gasteiger partial charge in [0.25, 0.3) is 0 Å². The van der Waals surface area contributed by atoms with Crippen LogP contribution in [0.4, 0.5) is 0 Å². The lowest BCUT2D eigenvalue weighted by molar-refractivity contribution is -0.123. The summed E-state index contributed by atoms with van der Waals surface area (Å²) in [6, 6.07) is -0.135. The van der Waals surface area contributed by atoms with E-state index in [9.17, 15) is 4.79 Å². The molecule has 0 saturated heterocycles. The molecule has 18 heavy (non-hydrogen) atoms. The molecule has 1 saturated carbocycles. The molecule has 106 valence electrons. The number of nitrogens with one attached hydrogen (secondary N) is 1. The predicted octanol–water partition coefficient (Wildman–Crippen LogP) is 1.82. The molecular weight excluding hydrogens is 228 g/mol. The highest BCUT2D eigenvalue weighted by atomic mass is 16.5. The first kappa shape index (κ1) is 15.4. The minimum Gasteiger partial charge on any atom is -0.376 e. The third-order valence-electron chi connectivity index (χ3n) is 3.72. The molecule has 0 bridgehead atoms. The normalized spacial score (nSPS) is 26.2. The second-order valence-corrected chi connectivity index (χ2v) is 5.60. The van der Waals surface area contributed by atoms with Gasteiger partial charge in [-0.05, 0) is 18.8 Å². The summed E-state index contributed by atoms with van der Waals surface area (Å²) in [7, 11) is 0. The Labute approximate surface area is 111 Å². The fourth-order valence-corrected chi connectivity index (χ4v) is 2.69. The van der Waals surface area contributed by atoms with Crippen molar-refractivity contribution >= 4 is 5.91 Å². The van der Waals surface area contributed by atoms with Crippen LogP contribution in [0.25, 0.3) is 0 Å². The van der Waals surface area contributed by atoms with Gasteiger partial charge >= 0.3 is 0 Å². The molecule has 1 aliphatic rings. The molecule has 3 unspecified atom stereocenters. The van der Waals surface area contributed by atoms with Crippen molar-refractivity contribution in [3.05, 3.63) is 0 Å². The maximum atomic E-state index is 11.3. The van der Waals surface area contributed by atoms with E-state index < -0.39 is 0 Å². The van der Waals surface area contributed by atoms with E-state index in [2.05, 4.69) is 12.2 Å². The number of primary amides is 1. The highest BCUT2D eigenvalue weighted by molar-refractivity contribution is 5.80. The summed E-state index contributed by atoms with van der Waals surface area (Å²) in [6.45, 7) is 6.62. The number of rotatable bonds is 7. The van der Waals surface area contributed by atoms with Gasteiger partial charge in [0, 0.05) is 6.04 Å². The Morgan fingerprint density at radius 3 is 2.61 bits per heavy atom. The summed E-state index contributed by atoms with van der Waals surface area (Å²) in [4.78, 5) is 11.3. The highest BCUT2D eigenvalue weighted by Gasteiger charge is 2.26. The molecule has 4 nitrogen and oxygen atoms in total. The standard InChI is InChI=1S/C14H28N2O2/c1-4-11-7-5-6-8-13(11)18-9-12(14(15)17)16-10(2)3/h10-13,16H,4-9H2,1-3H3,(H2,15,17). The van der Waals surface area contributed by atoms with Crippen molar-refractivity contribution in [1.29, 1.82) is 0 Å². The minimum absolute atomic E-state index is 0.236. The van der Waals surface area contributed by atoms with E-state index in [0.29, 0.717) is 18.6 Å². The third kappa shape index (κ3) is 4.94. The molecule has 3 atom stereocenters. The van der Waals surface area contributed by atoms with Crippen LogP contribution >= 0.6 is 0 Å². The molecule has 0 aliphatic heterocycles. The first-order valence-electron chi connectivity index (χ1n) is 7.21. The van der Waals surface area contributed by atoms with Gasteiger partial charge in [-0.25, -0.2) is 0 Å². The Balaban J connectivity index is 2.42. The van der Waals surface area contributed by atoms with Gasteiger partial charge in [0.2, 0.25) is 5.91 Å². The van der Waals surface area contributed by atoms with Gasteiger partial charge in [-0.1, -0.05) is 40.0 Å². The topological polar surface area (TPSA) is 64.3 Å². The van der Waals surface area contributed by atoms with E-state index in [-0.39, 0.29) is 18.0 Å². The zero-order valence-electron chi connectivity index (χ0n) is 11.9. The second kappa shape index (κ2) is 7.74. The van der Waals surface area contributed by atoms with Gasteiger partial charge in [-0.3, -0.25) is 4.79 Å². The van der Waals surface area contributed by atoms with Crippen LogP contribution in [0.5, 0.6) is 0 Å². The molecule has 3 N–H and O–H groups in total. The number of ether oxygens (including phenoxy) is 1. The number of hydrogen-bond donors (Lipinski definition) is 2. The molecule has 0 aromatic rings. The molecule has 0 radical (unpaired) electrons. The molecule has 1 fully saturated rings. The number of nitrogens with two attached hydrogens (primary N) is 1. The molecule has 4 heteroatoms. The Morgan fingerprint density at radius 1 is 1.39 bits per heavy atom. The summed E-state index contributed by atoms with van der Waals surface area (Å²) in [6.07, 6.45) is 6.37. The molecule has 0 aromatic heterocycles. The molecule has 1 rings (SSSR count). The van der Waals surface area contributed by atoms with Crippen LogP contribution in [0.3, 0.4) is 0 Å². The molecule has 0 heterocycles. The van der Waals surface area contributed by atoms with Crippen molar-refractivity contribution in [3.63, 3.8) is 0 Å². The van der Waals surface area contributed by atoms with E-state index in [1.165, 1.54) is 19.3 Å². The summed E-state index contributed by atoms with van der Waals surface area (Å²) in [5, 5.41) is 3.15. The molecule has 1 amide bonds. The van der Waals surface area contributed by atoms with Gasteiger partial charge < -0.3 is 15.8 Å². The van der Waals surface area contributed by atoms with E-state index in [1.54, 1.807) is 0 Å². The average Bonchev–Trinajstić information content (AvgIpc) is 2.34. The lowest BCUT2D eigenvalue weighted by Gasteiger charge is -2.32. The number of amides is 1. The smallest absolute Gasteiger partial charge is 0.236 e. The Hall–Kier alpha value is -0.610. The Bertz CT molecular complexity index is 256. The molecule has 0 spiro atoms. The highest BCUT2D eigenvalue weighted by Crippen LogP contribution is 2.29. The second-order valence-electron chi connectivity index (χ2n) is 5.60. The van der Waals surface area contributed by atoms with Crippen LogP contribution in [0.2, 0.25) is 0 Å². The average molecular weight is 256 g/mol. The van der Waals surface area contributed by atoms with Gasteiger partial charge in [0.1, 0.15) is 6.04 Å². The van der Waals surface area contributed by atoms with Crippen molar-refractivity contribution in [3.8, 4) is 0 Å². The van der Waals surface area contributed by atoms with Gasteiger partial charge in [-0.15, -0.1) is 0 Å². The maximum Gasteiger partial charge on any atom is 0.236 e. The van der Waals surface area contributed by atoms with Crippen LogP contribution in [0.1, 0.15) is 52.9 Å². The third-order valence-corrected chi connectivity index (χ3v) is 3.72. The fourth-order valence-electron chi connectivity index (χ4n) is 2.69. The lowest BCUT2D eigenvalue weighted by atomic mass is 9.85. The molecular formula is C14H28N2O2. The SMILES string of the molecule is CCC1CCCCC1OCC(NC(C)C)C(N)=O. The quantitative estimate of drug-likeness (QED) is 0.730. The first-order valence-corrected chi connectivity index (χ1v) is 7.21. The van der Waals surface area contributed by atoms with Gasteiger partial charge in [-0.2, -0.15) is 0 Å². The number of carbonyl (C=O) groups is 1. The van der Waals surface area contributed by atoms with Crippen LogP contribution in [-0.2, 0) is 9.53 Å². The van der Waals surface area contributed by atoms with E-state index in [0.717, 1.165) is 12.8 Å². The Morgan fingerprint density at radius 2 is 2.06 bits per heavy atom. The van der Waals surface area contributed by atoms with Crippen molar-refractivity contribution in [2.45, 2.75) is 71.1 Å². The van der Waals surface area contributed by atoms with Crippen molar-refractivity contribution < 1.29 is 9.53 Å². The van der Waals surface area contributed by atoms with Crippen molar-refractivity contribution in [2.75, 3.05) is 6.61 Å². The molecule has 0 aromatic carbocycles. The minimum atomic E-state index is -0.371. The molecule has 1 aliphatic carbocycles. The summed E-state index contributed by atoms with van der Waals surface area (Å²) >= 11 is 0. The van der Waals surface area contributed by atoms with Gasteiger partial charge in [0.15, 0.2) is 0 Å². The number of hydrogen-bond acceptors (Lipinski definition) is 3. The maximum absolute atomic E-state index is 11.3. The van der Waals surface area contributed by atoms with Crippen LogP contribution in [0, 0.1) is 5.92 Å². The van der Waals surface area contributed by atoms with Crippen molar-refractivity contribution in [1.82, 2.24) is 5.32 Å². The van der Waals surface area contributed by atoms with E-state index >= 15 is 0 Å². The summed E-state index contributed by atoms with van der Waals surface area (Å²) < 4.78 is 5.95. The van der Waals surface area contributed by atoms with E-state index in [4.69, 9.17) is 10.5 Å². The van der Waals surface area contributed by atoms with Crippen LogP contribution < -0.4 is 11.1 Å². The number of carbonyl (C=O) groups excluding carboxylic acids is 1. The summed E-state index contributed by atoms with van der Waals surface area (Å²) in [5.41, 5.74) is 5.39. The zero-order chi connectivity index (χ0) is 13.5. The monoisotopic (exact) mass is 256 g/mol. The Kier molecular flexibility index (Phi) is 6.65.